The van der Waals surface area contributed by atoms with Gasteiger partial charge in [-0.15, -0.1) is 0 Å². The van der Waals surface area contributed by atoms with E-state index in [-0.39, 0.29) is 10.8 Å². The normalized spacial score (nSPS) is 11.0. The molecule has 0 amide bonds. The van der Waals surface area contributed by atoms with Gasteiger partial charge in [-0.2, -0.15) is 0 Å². The van der Waals surface area contributed by atoms with Gasteiger partial charge in [0.25, 0.3) is 10.0 Å². The molecule has 0 unspecified atom stereocenters. The maximum Gasteiger partial charge on any atom is 0.264 e. The average molecular weight is 236 g/mol. The van der Waals surface area contributed by atoms with Gasteiger partial charge in [0.15, 0.2) is 0 Å². The zero-order chi connectivity index (χ0) is 11.4. The lowest BCUT2D eigenvalue weighted by Gasteiger charge is -2.04. The van der Waals surface area contributed by atoms with Crippen molar-refractivity contribution in [2.75, 3.05) is 4.72 Å². The van der Waals surface area contributed by atoms with E-state index in [2.05, 4.69) is 19.7 Å². The summed E-state index contributed by atoms with van der Waals surface area (Å²) in [5.74, 6) is -0.00106. The van der Waals surface area contributed by atoms with E-state index in [9.17, 15) is 8.42 Å². The van der Waals surface area contributed by atoms with Gasteiger partial charge in [-0.3, -0.25) is 0 Å². The van der Waals surface area contributed by atoms with Crippen molar-refractivity contribution in [1.82, 2.24) is 15.0 Å². The Bertz CT molecular complexity index is 557. The largest absolute Gasteiger partial charge is 0.264 e. The molecule has 0 aliphatic rings. The average Bonchev–Trinajstić information content (AvgIpc) is 2.31. The Morgan fingerprint density at radius 1 is 1.00 bits per heavy atom. The predicted octanol–water partition coefficient (Wildman–Crippen LogP) is 0.672. The Balaban J connectivity index is 2.29. The highest BCUT2D eigenvalue weighted by Crippen LogP contribution is 2.10. The van der Waals surface area contributed by atoms with Crippen LogP contribution in [0.3, 0.4) is 0 Å². The van der Waals surface area contributed by atoms with E-state index < -0.39 is 10.0 Å². The molecule has 16 heavy (non-hydrogen) atoms. The van der Waals surface area contributed by atoms with Gasteiger partial charge >= 0.3 is 0 Å². The molecule has 0 fully saturated rings. The lowest BCUT2D eigenvalue weighted by atomic mass is 10.4. The van der Waals surface area contributed by atoms with Gasteiger partial charge in [0.2, 0.25) is 5.95 Å². The van der Waals surface area contributed by atoms with Crippen LogP contribution < -0.4 is 4.72 Å². The van der Waals surface area contributed by atoms with Crippen molar-refractivity contribution in [3.05, 3.63) is 43.0 Å². The number of hydrogen-bond acceptors (Lipinski definition) is 5. The van der Waals surface area contributed by atoms with Gasteiger partial charge in [-0.25, -0.2) is 28.1 Å². The molecule has 82 valence electrons. The molecule has 1 heterocycles. The van der Waals surface area contributed by atoms with Crippen LogP contribution in [0.15, 0.2) is 47.9 Å². The summed E-state index contributed by atoms with van der Waals surface area (Å²) < 4.78 is 25.8. The fourth-order valence-corrected chi connectivity index (χ4v) is 2.05. The molecule has 1 aromatic heterocycles. The van der Waals surface area contributed by atoms with Gasteiger partial charge < -0.3 is 0 Å². The van der Waals surface area contributed by atoms with Gasteiger partial charge in [0.1, 0.15) is 12.7 Å². The monoisotopic (exact) mass is 236 g/mol. The number of hydrogen-bond donors (Lipinski definition) is 1. The molecular formula is C9H8N4O2S. The highest BCUT2D eigenvalue weighted by molar-refractivity contribution is 7.92. The van der Waals surface area contributed by atoms with Gasteiger partial charge in [0, 0.05) is 0 Å². The van der Waals surface area contributed by atoms with E-state index in [0.29, 0.717) is 0 Å². The first-order valence-corrected chi connectivity index (χ1v) is 5.87. The molecule has 2 rings (SSSR count). The summed E-state index contributed by atoms with van der Waals surface area (Å²) in [5, 5.41) is 0. The molecule has 2 aromatic rings. The quantitative estimate of drug-likeness (QED) is 0.846. The van der Waals surface area contributed by atoms with Crippen LogP contribution in [-0.2, 0) is 10.0 Å². The van der Waals surface area contributed by atoms with E-state index in [1.54, 1.807) is 18.2 Å². The Hall–Kier alpha value is -2.02. The smallest absolute Gasteiger partial charge is 0.247 e. The molecule has 0 radical (unpaired) electrons. The van der Waals surface area contributed by atoms with E-state index >= 15 is 0 Å². The lowest BCUT2D eigenvalue weighted by molar-refractivity contribution is 0.600. The first kappa shape index (κ1) is 10.5. The highest BCUT2D eigenvalue weighted by atomic mass is 32.2. The molecule has 0 spiro atoms. The van der Waals surface area contributed by atoms with Gasteiger partial charge in [-0.1, -0.05) is 18.2 Å². The van der Waals surface area contributed by atoms with Crippen molar-refractivity contribution in [2.45, 2.75) is 4.90 Å². The Morgan fingerprint density at radius 3 is 2.25 bits per heavy atom. The third kappa shape index (κ3) is 2.31. The van der Waals surface area contributed by atoms with E-state index in [1.807, 2.05) is 0 Å². The number of nitrogens with zero attached hydrogens (tertiary/aromatic N) is 3. The second-order valence-corrected chi connectivity index (χ2v) is 4.56. The maximum atomic E-state index is 11.8. The van der Waals surface area contributed by atoms with Crippen molar-refractivity contribution in [1.29, 1.82) is 0 Å². The van der Waals surface area contributed by atoms with Crippen LogP contribution in [0.4, 0.5) is 5.95 Å². The molecule has 1 aromatic carbocycles. The Morgan fingerprint density at radius 2 is 1.62 bits per heavy atom. The minimum atomic E-state index is -3.62. The summed E-state index contributed by atoms with van der Waals surface area (Å²) in [7, 11) is -3.62. The first-order chi connectivity index (χ1) is 7.68. The summed E-state index contributed by atoms with van der Waals surface area (Å²) in [6.07, 6.45) is 2.44. The number of nitrogens with one attached hydrogen (secondary N) is 1. The fourth-order valence-electron chi connectivity index (χ4n) is 1.07. The SMILES string of the molecule is O=S(=O)(Nc1ncncn1)c1ccccc1. The van der Waals surface area contributed by atoms with E-state index in [0.717, 1.165) is 0 Å². The number of aromatic nitrogens is 3. The minimum Gasteiger partial charge on any atom is -0.247 e. The van der Waals surface area contributed by atoms with Crippen molar-refractivity contribution in [3.63, 3.8) is 0 Å². The molecule has 0 saturated carbocycles. The summed E-state index contributed by atoms with van der Waals surface area (Å²) in [5.41, 5.74) is 0. The lowest BCUT2D eigenvalue weighted by Crippen LogP contribution is -2.14. The van der Waals surface area contributed by atoms with Crippen LogP contribution in [0.2, 0.25) is 0 Å². The molecule has 1 N–H and O–H groups in total. The number of benzene rings is 1. The standard InChI is InChI=1S/C9H8N4O2S/c14-16(15,8-4-2-1-3-5-8)13-9-11-6-10-7-12-9/h1-7H,(H,10,11,12,13). The summed E-state index contributed by atoms with van der Waals surface area (Å²) in [6.45, 7) is 0. The summed E-state index contributed by atoms with van der Waals surface area (Å²) >= 11 is 0. The highest BCUT2D eigenvalue weighted by Gasteiger charge is 2.14. The summed E-state index contributed by atoms with van der Waals surface area (Å²) in [6, 6.07) is 8.00. The van der Waals surface area contributed by atoms with Crippen LogP contribution in [-0.4, -0.2) is 23.4 Å². The summed E-state index contributed by atoms with van der Waals surface area (Å²) in [4.78, 5) is 11.1. The maximum absolute atomic E-state index is 11.8. The van der Waals surface area contributed by atoms with Gasteiger partial charge in [0.05, 0.1) is 4.90 Å². The minimum absolute atomic E-state index is 0.00106. The van der Waals surface area contributed by atoms with Gasteiger partial charge in [-0.05, 0) is 12.1 Å². The van der Waals surface area contributed by atoms with Crippen LogP contribution in [0.5, 0.6) is 0 Å². The molecule has 6 nitrogen and oxygen atoms in total. The predicted molar refractivity (Wildman–Crippen MR) is 57.1 cm³/mol. The first-order valence-electron chi connectivity index (χ1n) is 4.38. The second kappa shape index (κ2) is 4.23. The van der Waals surface area contributed by atoms with Crippen LogP contribution in [0.1, 0.15) is 0 Å². The second-order valence-electron chi connectivity index (χ2n) is 2.88. The zero-order valence-corrected chi connectivity index (χ0v) is 8.92. The molecular weight excluding hydrogens is 228 g/mol. The van der Waals surface area contributed by atoms with Crippen molar-refractivity contribution < 1.29 is 8.42 Å². The fraction of sp³-hybridized carbons (Fsp3) is 0. The van der Waals surface area contributed by atoms with Crippen LogP contribution >= 0.6 is 0 Å². The molecule has 0 saturated heterocycles. The Kier molecular flexibility index (Phi) is 2.78. The molecule has 7 heteroatoms. The van der Waals surface area contributed by atoms with Crippen molar-refractivity contribution in [3.8, 4) is 0 Å². The zero-order valence-electron chi connectivity index (χ0n) is 8.11. The number of rotatable bonds is 3. The van der Waals surface area contributed by atoms with E-state index in [1.165, 1.54) is 24.8 Å². The molecule has 0 bridgehead atoms. The third-order valence-electron chi connectivity index (χ3n) is 1.77. The molecule has 0 atom stereocenters. The van der Waals surface area contributed by atoms with Crippen molar-refractivity contribution >= 4 is 16.0 Å². The molecule has 0 aliphatic carbocycles. The van der Waals surface area contributed by atoms with Crippen LogP contribution in [0.25, 0.3) is 0 Å². The van der Waals surface area contributed by atoms with Crippen molar-refractivity contribution in [2.24, 2.45) is 0 Å². The molecule has 0 aliphatic heterocycles. The Labute approximate surface area is 92.5 Å². The number of sulfonamides is 1. The third-order valence-corrected chi connectivity index (χ3v) is 3.12. The number of anilines is 1. The van der Waals surface area contributed by atoms with E-state index in [4.69, 9.17) is 0 Å². The van der Waals surface area contributed by atoms with Crippen LogP contribution in [0, 0.1) is 0 Å². The topological polar surface area (TPSA) is 84.8 Å².